The number of imide groups is 1. The van der Waals surface area contributed by atoms with Gasteiger partial charge in [0.25, 0.3) is 17.7 Å². The molecular formula is C21H20N2O6. The van der Waals surface area contributed by atoms with Crippen LogP contribution in [-0.2, 0) is 20.9 Å². The molecule has 2 aromatic rings. The summed E-state index contributed by atoms with van der Waals surface area (Å²) in [7, 11) is 1.56. The fourth-order valence-corrected chi connectivity index (χ4v) is 2.92. The van der Waals surface area contributed by atoms with Gasteiger partial charge in [-0.2, -0.15) is 0 Å². The number of carbonyl (C=O) groups excluding carboxylic acids is 4. The van der Waals surface area contributed by atoms with E-state index >= 15 is 0 Å². The lowest BCUT2D eigenvalue weighted by molar-refractivity contribution is -0.151. The molecule has 150 valence electrons. The third-order valence-corrected chi connectivity index (χ3v) is 4.55. The summed E-state index contributed by atoms with van der Waals surface area (Å²) in [6.07, 6.45) is 0. The maximum atomic E-state index is 12.4. The first-order valence-corrected chi connectivity index (χ1v) is 8.95. The van der Waals surface area contributed by atoms with Gasteiger partial charge in [0.2, 0.25) is 0 Å². The number of fused-ring (bicyclic) bond motifs is 1. The van der Waals surface area contributed by atoms with Gasteiger partial charge < -0.3 is 14.8 Å². The highest BCUT2D eigenvalue weighted by molar-refractivity contribution is 6.22. The van der Waals surface area contributed by atoms with Crippen molar-refractivity contribution in [2.24, 2.45) is 0 Å². The normalized spacial score (nSPS) is 13.7. The first kappa shape index (κ1) is 20.1. The molecule has 8 nitrogen and oxygen atoms in total. The average molecular weight is 396 g/mol. The number of carbonyl (C=O) groups is 4. The fourth-order valence-electron chi connectivity index (χ4n) is 2.92. The Hall–Kier alpha value is -3.68. The Morgan fingerprint density at radius 1 is 1.00 bits per heavy atom. The zero-order chi connectivity index (χ0) is 21.0. The van der Waals surface area contributed by atoms with Gasteiger partial charge in [0.1, 0.15) is 11.8 Å². The van der Waals surface area contributed by atoms with Gasteiger partial charge in [-0.05, 0) is 36.8 Å². The van der Waals surface area contributed by atoms with Gasteiger partial charge in [0.15, 0.2) is 6.61 Å². The van der Waals surface area contributed by atoms with E-state index in [2.05, 4.69) is 5.32 Å². The number of nitrogens with zero attached hydrogens (tertiary/aromatic N) is 1. The van der Waals surface area contributed by atoms with Crippen LogP contribution in [0, 0.1) is 0 Å². The highest BCUT2D eigenvalue weighted by Crippen LogP contribution is 2.24. The second-order valence-corrected chi connectivity index (χ2v) is 6.43. The van der Waals surface area contributed by atoms with Gasteiger partial charge in [-0.3, -0.25) is 19.3 Å². The molecule has 0 saturated carbocycles. The predicted molar refractivity (Wildman–Crippen MR) is 102 cm³/mol. The second kappa shape index (κ2) is 8.55. The summed E-state index contributed by atoms with van der Waals surface area (Å²) in [6.45, 7) is 1.14. The molecule has 1 aliphatic heterocycles. The van der Waals surface area contributed by atoms with Gasteiger partial charge in [-0.25, -0.2) is 4.79 Å². The van der Waals surface area contributed by atoms with Crippen LogP contribution in [0.2, 0.25) is 0 Å². The van der Waals surface area contributed by atoms with E-state index in [0.29, 0.717) is 5.75 Å². The van der Waals surface area contributed by atoms with Crippen LogP contribution >= 0.6 is 0 Å². The van der Waals surface area contributed by atoms with E-state index in [-0.39, 0.29) is 17.7 Å². The number of benzene rings is 2. The number of hydrogen-bond acceptors (Lipinski definition) is 6. The van der Waals surface area contributed by atoms with Crippen molar-refractivity contribution in [3.8, 4) is 5.75 Å². The first-order valence-electron chi connectivity index (χ1n) is 8.95. The second-order valence-electron chi connectivity index (χ2n) is 6.43. The van der Waals surface area contributed by atoms with Gasteiger partial charge in [0.05, 0.1) is 18.2 Å². The van der Waals surface area contributed by atoms with Crippen LogP contribution in [0.4, 0.5) is 0 Å². The molecule has 1 atom stereocenters. The molecule has 0 saturated heterocycles. The molecule has 3 rings (SSSR count). The summed E-state index contributed by atoms with van der Waals surface area (Å²) in [4.78, 5) is 49.9. The van der Waals surface area contributed by atoms with Crippen molar-refractivity contribution < 1.29 is 28.7 Å². The van der Waals surface area contributed by atoms with E-state index in [1.54, 1.807) is 43.5 Å². The van der Waals surface area contributed by atoms with Crippen molar-refractivity contribution in [1.29, 1.82) is 0 Å². The molecule has 2 aromatic carbocycles. The number of methoxy groups -OCH3 is 1. The largest absolute Gasteiger partial charge is 0.497 e. The van der Waals surface area contributed by atoms with E-state index in [1.807, 2.05) is 0 Å². The Kier molecular flexibility index (Phi) is 5.92. The Balaban J connectivity index is 1.50. The maximum Gasteiger partial charge on any atom is 0.329 e. The van der Waals surface area contributed by atoms with E-state index in [9.17, 15) is 19.2 Å². The van der Waals surface area contributed by atoms with E-state index in [1.165, 1.54) is 19.1 Å². The average Bonchev–Trinajstić information content (AvgIpc) is 3.00. The Bertz CT molecular complexity index is 919. The highest BCUT2D eigenvalue weighted by Gasteiger charge is 2.41. The fraction of sp³-hybridized carbons (Fsp3) is 0.238. The molecule has 0 aromatic heterocycles. The summed E-state index contributed by atoms with van der Waals surface area (Å²) < 4.78 is 10.0. The standard InChI is InChI=1S/C21H20N2O6/c1-13(23-19(25)16-5-3-4-6-17(16)20(23)26)21(27)29-12-18(24)22-11-14-7-9-15(28-2)10-8-14/h3-10,13H,11-12H2,1-2H3,(H,22,24)/t13-/m0/s1. The molecule has 1 N–H and O–H groups in total. The lowest BCUT2D eigenvalue weighted by atomic mass is 10.1. The van der Waals surface area contributed by atoms with Crippen LogP contribution in [0.1, 0.15) is 33.2 Å². The summed E-state index contributed by atoms with van der Waals surface area (Å²) in [6, 6.07) is 12.3. The quantitative estimate of drug-likeness (QED) is 0.563. The number of nitrogens with one attached hydrogen (secondary N) is 1. The topological polar surface area (TPSA) is 102 Å². The summed E-state index contributed by atoms with van der Waals surface area (Å²) in [5.41, 5.74) is 1.34. The van der Waals surface area contributed by atoms with Gasteiger partial charge in [0, 0.05) is 6.54 Å². The maximum absolute atomic E-state index is 12.4. The van der Waals surface area contributed by atoms with Crippen LogP contribution in [0.3, 0.4) is 0 Å². The van der Waals surface area contributed by atoms with Crippen molar-refractivity contribution in [3.05, 3.63) is 65.2 Å². The van der Waals surface area contributed by atoms with Crippen LogP contribution in [-0.4, -0.2) is 48.3 Å². The highest BCUT2D eigenvalue weighted by atomic mass is 16.5. The third kappa shape index (κ3) is 4.26. The van der Waals surface area contributed by atoms with E-state index in [0.717, 1.165) is 10.5 Å². The minimum absolute atomic E-state index is 0.245. The SMILES string of the molecule is COc1ccc(CNC(=O)COC(=O)[C@H](C)N2C(=O)c3ccccc3C2=O)cc1. The van der Waals surface area contributed by atoms with Crippen LogP contribution in [0.25, 0.3) is 0 Å². The molecule has 1 aliphatic rings. The van der Waals surface area contributed by atoms with E-state index < -0.39 is 36.3 Å². The number of rotatable bonds is 7. The van der Waals surface area contributed by atoms with Crippen molar-refractivity contribution in [1.82, 2.24) is 10.2 Å². The summed E-state index contributed by atoms with van der Waals surface area (Å²) in [5.74, 6) is -1.74. The van der Waals surface area contributed by atoms with E-state index in [4.69, 9.17) is 9.47 Å². The molecule has 1 heterocycles. The minimum Gasteiger partial charge on any atom is -0.497 e. The molecule has 29 heavy (non-hydrogen) atoms. The number of hydrogen-bond donors (Lipinski definition) is 1. The van der Waals surface area contributed by atoms with Crippen molar-refractivity contribution in [2.75, 3.05) is 13.7 Å². The van der Waals surface area contributed by atoms with Crippen molar-refractivity contribution in [2.45, 2.75) is 19.5 Å². The molecule has 0 bridgehead atoms. The molecule has 0 aliphatic carbocycles. The van der Waals surface area contributed by atoms with Gasteiger partial charge in [-0.15, -0.1) is 0 Å². The van der Waals surface area contributed by atoms with Gasteiger partial charge in [-0.1, -0.05) is 24.3 Å². The lowest BCUT2D eigenvalue weighted by Gasteiger charge is -2.20. The van der Waals surface area contributed by atoms with Crippen LogP contribution < -0.4 is 10.1 Å². The monoisotopic (exact) mass is 396 g/mol. The number of ether oxygens (including phenoxy) is 2. The predicted octanol–water partition coefficient (Wildman–Crippen LogP) is 1.54. The smallest absolute Gasteiger partial charge is 0.329 e. The number of esters is 1. The summed E-state index contributed by atoms with van der Waals surface area (Å²) in [5, 5.41) is 2.63. The number of amides is 3. The zero-order valence-corrected chi connectivity index (χ0v) is 16.0. The molecule has 8 heteroatoms. The zero-order valence-electron chi connectivity index (χ0n) is 16.0. The van der Waals surface area contributed by atoms with Crippen LogP contribution in [0.15, 0.2) is 48.5 Å². The van der Waals surface area contributed by atoms with Crippen LogP contribution in [0.5, 0.6) is 5.75 Å². The lowest BCUT2D eigenvalue weighted by Crippen LogP contribution is -2.44. The molecular weight excluding hydrogens is 376 g/mol. The minimum atomic E-state index is -1.14. The Morgan fingerprint density at radius 2 is 1.59 bits per heavy atom. The van der Waals surface area contributed by atoms with Crippen molar-refractivity contribution in [3.63, 3.8) is 0 Å². The molecule has 3 amide bonds. The molecule has 0 spiro atoms. The van der Waals surface area contributed by atoms with Gasteiger partial charge >= 0.3 is 5.97 Å². The Labute approximate surface area is 167 Å². The molecule has 0 fully saturated rings. The Morgan fingerprint density at radius 3 is 2.14 bits per heavy atom. The third-order valence-electron chi connectivity index (χ3n) is 4.55. The molecule has 0 radical (unpaired) electrons. The summed E-state index contributed by atoms with van der Waals surface area (Å²) >= 11 is 0. The molecule has 0 unspecified atom stereocenters. The first-order chi connectivity index (χ1) is 13.9. The van der Waals surface area contributed by atoms with Crippen molar-refractivity contribution >= 4 is 23.7 Å².